The van der Waals surface area contributed by atoms with Gasteiger partial charge in [-0.05, 0) is 41.1 Å². The van der Waals surface area contributed by atoms with Crippen molar-refractivity contribution in [2.24, 2.45) is 0 Å². The molecule has 0 heterocycles. The zero-order chi connectivity index (χ0) is 15.5. The van der Waals surface area contributed by atoms with Crippen molar-refractivity contribution in [2.45, 2.75) is 62.9 Å². The minimum atomic E-state index is -1.18. The molecular weight excluding hydrogens is 395 g/mol. The summed E-state index contributed by atoms with van der Waals surface area (Å²) in [7, 11) is -1.18. The van der Waals surface area contributed by atoms with Crippen LogP contribution in [-0.2, 0) is 10.8 Å². The Hall–Kier alpha value is -0.200. The molecule has 0 saturated carbocycles. The lowest BCUT2D eigenvalue weighted by atomic mass is 10.1. The summed E-state index contributed by atoms with van der Waals surface area (Å²) in [5.74, 6) is 0. The SMILES string of the molecule is CCCCCCCCC(O)/C(I)=C\S(=O)c1ccccc1. The van der Waals surface area contributed by atoms with E-state index >= 15 is 0 Å². The Morgan fingerprint density at radius 3 is 2.48 bits per heavy atom. The molecule has 0 saturated heterocycles. The molecule has 1 rings (SSSR count). The minimum Gasteiger partial charge on any atom is -0.388 e. The number of hydrogen-bond acceptors (Lipinski definition) is 2. The van der Waals surface area contributed by atoms with E-state index in [0.717, 1.165) is 21.3 Å². The maximum absolute atomic E-state index is 12.1. The first-order valence-electron chi connectivity index (χ1n) is 7.66. The molecule has 0 fully saturated rings. The van der Waals surface area contributed by atoms with Crippen molar-refractivity contribution in [3.8, 4) is 0 Å². The number of hydrogen-bond donors (Lipinski definition) is 1. The molecule has 0 aliphatic carbocycles. The monoisotopic (exact) mass is 420 g/mol. The highest BCUT2D eigenvalue weighted by atomic mass is 127. The number of aliphatic hydroxyl groups is 1. The molecule has 2 unspecified atom stereocenters. The highest BCUT2D eigenvalue weighted by molar-refractivity contribution is 14.1. The summed E-state index contributed by atoms with van der Waals surface area (Å²) in [6.45, 7) is 2.21. The molecule has 0 spiro atoms. The van der Waals surface area contributed by atoms with Gasteiger partial charge in [0.1, 0.15) is 0 Å². The second-order valence-corrected chi connectivity index (χ2v) is 7.73. The van der Waals surface area contributed by atoms with Gasteiger partial charge in [0.05, 0.1) is 16.9 Å². The van der Waals surface area contributed by atoms with E-state index in [2.05, 4.69) is 29.5 Å². The van der Waals surface area contributed by atoms with E-state index in [1.165, 1.54) is 32.1 Å². The average Bonchev–Trinajstić information content (AvgIpc) is 2.51. The molecule has 2 nitrogen and oxygen atoms in total. The van der Waals surface area contributed by atoms with Gasteiger partial charge in [0.2, 0.25) is 0 Å². The number of benzene rings is 1. The maximum Gasteiger partial charge on any atom is 0.0852 e. The molecule has 0 aliphatic rings. The molecule has 118 valence electrons. The Kier molecular flexibility index (Phi) is 10.2. The largest absolute Gasteiger partial charge is 0.388 e. The van der Waals surface area contributed by atoms with Gasteiger partial charge in [-0.15, -0.1) is 0 Å². The lowest BCUT2D eigenvalue weighted by Crippen LogP contribution is -2.07. The maximum atomic E-state index is 12.1. The van der Waals surface area contributed by atoms with Crippen molar-refractivity contribution in [2.75, 3.05) is 0 Å². The standard InChI is InChI=1S/C17H25IO2S/c1-2-3-4-5-6-10-13-17(19)16(18)14-21(20)15-11-8-7-9-12-15/h7-9,11-12,14,17,19H,2-6,10,13H2,1H3/b16-14+. The molecule has 1 N–H and O–H groups in total. The number of unbranched alkanes of at least 4 members (excludes halogenated alkanes) is 5. The number of rotatable bonds is 10. The summed E-state index contributed by atoms with van der Waals surface area (Å²) >= 11 is 2.10. The first kappa shape index (κ1) is 18.8. The van der Waals surface area contributed by atoms with Crippen LogP contribution in [0.15, 0.2) is 44.2 Å². The molecule has 0 aliphatic heterocycles. The Labute approximate surface area is 144 Å². The summed E-state index contributed by atoms with van der Waals surface area (Å²) in [6, 6.07) is 9.34. The van der Waals surface area contributed by atoms with E-state index in [-0.39, 0.29) is 0 Å². The minimum absolute atomic E-state index is 0.482. The van der Waals surface area contributed by atoms with Crippen molar-refractivity contribution in [1.82, 2.24) is 0 Å². The summed E-state index contributed by atoms with van der Waals surface area (Å²) in [5.41, 5.74) is 0. The zero-order valence-electron chi connectivity index (χ0n) is 12.6. The van der Waals surface area contributed by atoms with Crippen molar-refractivity contribution in [1.29, 1.82) is 0 Å². The van der Waals surface area contributed by atoms with Gasteiger partial charge >= 0.3 is 0 Å². The Bertz CT molecular complexity index is 445. The highest BCUT2D eigenvalue weighted by Gasteiger charge is 2.10. The Balaban J connectivity index is 2.34. The molecule has 4 heteroatoms. The van der Waals surface area contributed by atoms with Crippen molar-refractivity contribution < 1.29 is 9.32 Å². The molecule has 0 radical (unpaired) electrons. The second kappa shape index (κ2) is 11.4. The van der Waals surface area contributed by atoms with E-state index in [1.807, 2.05) is 30.3 Å². The Morgan fingerprint density at radius 1 is 1.19 bits per heavy atom. The molecule has 0 bridgehead atoms. The van der Waals surface area contributed by atoms with E-state index in [9.17, 15) is 9.32 Å². The van der Waals surface area contributed by atoms with E-state index in [0.29, 0.717) is 0 Å². The van der Waals surface area contributed by atoms with Crippen LogP contribution in [0.5, 0.6) is 0 Å². The van der Waals surface area contributed by atoms with Crippen LogP contribution in [0.3, 0.4) is 0 Å². The fourth-order valence-corrected chi connectivity index (χ4v) is 3.99. The van der Waals surface area contributed by atoms with Crippen LogP contribution in [0, 0.1) is 0 Å². The summed E-state index contributed by atoms with van der Waals surface area (Å²) in [4.78, 5) is 0.776. The lowest BCUT2D eigenvalue weighted by molar-refractivity contribution is 0.206. The van der Waals surface area contributed by atoms with Gasteiger partial charge in [0.15, 0.2) is 0 Å². The van der Waals surface area contributed by atoms with Crippen LogP contribution in [0.25, 0.3) is 0 Å². The predicted octanol–water partition coefficient (Wildman–Crippen LogP) is 5.18. The quantitative estimate of drug-likeness (QED) is 0.418. The summed E-state index contributed by atoms with van der Waals surface area (Å²) in [5, 5.41) is 11.8. The molecule has 0 amide bonds. The molecule has 1 aromatic carbocycles. The smallest absolute Gasteiger partial charge is 0.0852 e. The topological polar surface area (TPSA) is 37.3 Å². The van der Waals surface area contributed by atoms with Crippen LogP contribution in [0.1, 0.15) is 51.9 Å². The molecule has 1 aromatic rings. The van der Waals surface area contributed by atoms with E-state index in [4.69, 9.17) is 0 Å². The predicted molar refractivity (Wildman–Crippen MR) is 99.0 cm³/mol. The molecular formula is C17H25IO2S. The first-order chi connectivity index (χ1) is 10.1. The summed E-state index contributed by atoms with van der Waals surface area (Å²) in [6.07, 6.45) is 7.57. The third-order valence-electron chi connectivity index (χ3n) is 3.34. The van der Waals surface area contributed by atoms with Crippen LogP contribution < -0.4 is 0 Å². The van der Waals surface area contributed by atoms with Crippen LogP contribution in [0.4, 0.5) is 0 Å². The van der Waals surface area contributed by atoms with Crippen LogP contribution in [-0.4, -0.2) is 15.4 Å². The first-order valence-corrected chi connectivity index (χ1v) is 9.95. The van der Waals surface area contributed by atoms with Crippen LogP contribution >= 0.6 is 22.6 Å². The van der Waals surface area contributed by atoms with Crippen molar-refractivity contribution >= 4 is 33.4 Å². The van der Waals surface area contributed by atoms with Gasteiger partial charge in [-0.2, -0.15) is 0 Å². The fraction of sp³-hybridized carbons (Fsp3) is 0.529. The normalized spacial score (nSPS) is 14.9. The van der Waals surface area contributed by atoms with Gasteiger partial charge in [-0.25, -0.2) is 4.21 Å². The van der Waals surface area contributed by atoms with Gasteiger partial charge < -0.3 is 5.11 Å². The fourth-order valence-electron chi connectivity index (χ4n) is 2.06. The lowest BCUT2D eigenvalue weighted by Gasteiger charge is -2.09. The third kappa shape index (κ3) is 8.12. The molecule has 0 aromatic heterocycles. The van der Waals surface area contributed by atoms with Crippen molar-refractivity contribution in [3.63, 3.8) is 0 Å². The molecule has 2 atom stereocenters. The van der Waals surface area contributed by atoms with Gasteiger partial charge in [-0.3, -0.25) is 0 Å². The average molecular weight is 420 g/mol. The van der Waals surface area contributed by atoms with Gasteiger partial charge in [-0.1, -0.05) is 63.6 Å². The van der Waals surface area contributed by atoms with Crippen LogP contribution in [0.2, 0.25) is 0 Å². The Morgan fingerprint density at radius 2 is 1.81 bits per heavy atom. The second-order valence-electron chi connectivity index (χ2n) is 5.19. The van der Waals surface area contributed by atoms with E-state index < -0.39 is 16.9 Å². The number of halogens is 1. The van der Waals surface area contributed by atoms with Gasteiger partial charge in [0.25, 0.3) is 0 Å². The van der Waals surface area contributed by atoms with E-state index in [1.54, 1.807) is 5.41 Å². The summed E-state index contributed by atoms with van der Waals surface area (Å²) < 4.78 is 12.9. The number of aliphatic hydroxyl groups excluding tert-OH is 1. The zero-order valence-corrected chi connectivity index (χ0v) is 15.6. The molecule has 21 heavy (non-hydrogen) atoms. The van der Waals surface area contributed by atoms with Gasteiger partial charge in [0, 0.05) is 13.9 Å². The third-order valence-corrected chi connectivity index (χ3v) is 6.00. The van der Waals surface area contributed by atoms with Crippen molar-refractivity contribution in [3.05, 3.63) is 39.3 Å². The highest BCUT2D eigenvalue weighted by Crippen LogP contribution is 2.20.